The van der Waals surface area contributed by atoms with E-state index < -0.39 is 0 Å². The molecule has 1 amide bonds. The van der Waals surface area contributed by atoms with Crippen molar-refractivity contribution in [3.8, 4) is 0 Å². The van der Waals surface area contributed by atoms with Gasteiger partial charge < -0.3 is 5.32 Å². The largest absolute Gasteiger partial charge is 0.329 e. The van der Waals surface area contributed by atoms with E-state index in [1.54, 1.807) is 0 Å². The van der Waals surface area contributed by atoms with E-state index in [2.05, 4.69) is 21.2 Å². The van der Waals surface area contributed by atoms with Crippen LogP contribution in [0.5, 0.6) is 0 Å². The average Bonchev–Trinajstić information content (AvgIpc) is 2.41. The molecular weight excluding hydrogens is 318 g/mol. The number of nitrogens with one attached hydrogen (secondary N) is 1. The van der Waals surface area contributed by atoms with Gasteiger partial charge >= 0.3 is 0 Å². The maximum atomic E-state index is 12.2. The molecule has 3 nitrogen and oxygen atoms in total. The maximum absolute atomic E-state index is 12.2. The fraction of sp³-hybridized carbons (Fsp3) is 0.375. The number of benzene rings is 1. The topological polar surface area (TPSA) is 46.2 Å². The molecule has 20 heavy (non-hydrogen) atoms. The summed E-state index contributed by atoms with van der Waals surface area (Å²) < 4.78 is 1.02. The summed E-state index contributed by atoms with van der Waals surface area (Å²) in [6.45, 7) is 2.03. The highest BCUT2D eigenvalue weighted by Crippen LogP contribution is 2.38. The summed E-state index contributed by atoms with van der Waals surface area (Å²) in [4.78, 5) is 24.1. The van der Waals surface area contributed by atoms with Gasteiger partial charge in [0.25, 0.3) is 0 Å². The van der Waals surface area contributed by atoms with Crippen LogP contribution in [0, 0.1) is 6.92 Å². The highest BCUT2D eigenvalue weighted by molar-refractivity contribution is 9.10. The number of Topliss-reactive ketones (excluding diaryl/α,β-unsaturated/α-hetero) is 1. The van der Waals surface area contributed by atoms with Gasteiger partial charge in [-0.05, 0) is 37.0 Å². The van der Waals surface area contributed by atoms with Crippen LogP contribution in [0.3, 0.4) is 0 Å². The predicted octanol–water partition coefficient (Wildman–Crippen LogP) is 3.37. The molecule has 0 bridgehead atoms. The number of aryl methyl sites for hydroxylation is 1. The standard InChI is InChI=1S/C16H16BrNO2/c1-9-5-6-10(7-12(9)17)11-8-15(20)18-13-3-2-4-14(19)16(11)13/h5-7,11H,2-4,8H2,1H3,(H,18,20)/t11-/m1/s1. The van der Waals surface area contributed by atoms with Crippen molar-refractivity contribution in [1.29, 1.82) is 0 Å². The summed E-state index contributed by atoms with van der Waals surface area (Å²) >= 11 is 3.53. The summed E-state index contributed by atoms with van der Waals surface area (Å²) in [5.74, 6) is 0.108. The molecule has 0 radical (unpaired) electrons. The van der Waals surface area contributed by atoms with E-state index in [4.69, 9.17) is 0 Å². The second-order valence-electron chi connectivity index (χ2n) is 5.48. The van der Waals surface area contributed by atoms with Crippen LogP contribution in [-0.2, 0) is 9.59 Å². The van der Waals surface area contributed by atoms with Crippen molar-refractivity contribution >= 4 is 27.6 Å². The number of halogens is 1. The molecule has 0 aromatic heterocycles. The third kappa shape index (κ3) is 2.33. The Hall–Kier alpha value is -1.42. The normalized spacial score (nSPS) is 22.6. The highest BCUT2D eigenvalue weighted by Gasteiger charge is 2.34. The van der Waals surface area contributed by atoms with Crippen LogP contribution in [0.2, 0.25) is 0 Å². The third-order valence-electron chi connectivity index (χ3n) is 4.08. The van der Waals surface area contributed by atoms with Crippen LogP contribution in [0.15, 0.2) is 33.9 Å². The Kier molecular flexibility index (Phi) is 3.50. The fourth-order valence-electron chi connectivity index (χ4n) is 3.01. The SMILES string of the molecule is Cc1ccc([C@H]2CC(=O)NC3=C2C(=O)CCC3)cc1Br. The number of rotatable bonds is 1. The van der Waals surface area contributed by atoms with Gasteiger partial charge in [-0.1, -0.05) is 28.1 Å². The number of carbonyl (C=O) groups is 2. The molecule has 1 heterocycles. The predicted molar refractivity (Wildman–Crippen MR) is 80.3 cm³/mol. The number of hydrogen-bond donors (Lipinski definition) is 1. The van der Waals surface area contributed by atoms with E-state index in [0.29, 0.717) is 12.8 Å². The van der Waals surface area contributed by atoms with Crippen molar-refractivity contribution in [3.05, 3.63) is 45.1 Å². The van der Waals surface area contributed by atoms with Crippen molar-refractivity contribution < 1.29 is 9.59 Å². The minimum Gasteiger partial charge on any atom is -0.329 e. The van der Waals surface area contributed by atoms with Crippen molar-refractivity contribution in [3.63, 3.8) is 0 Å². The molecule has 1 aromatic rings. The van der Waals surface area contributed by atoms with Gasteiger partial charge in [0, 0.05) is 34.5 Å². The van der Waals surface area contributed by atoms with Gasteiger partial charge in [-0.25, -0.2) is 0 Å². The third-order valence-corrected chi connectivity index (χ3v) is 4.94. The Morgan fingerprint density at radius 2 is 2.05 bits per heavy atom. The van der Waals surface area contributed by atoms with E-state index in [-0.39, 0.29) is 17.6 Å². The van der Waals surface area contributed by atoms with E-state index in [0.717, 1.165) is 39.7 Å². The molecule has 1 aliphatic carbocycles. The van der Waals surface area contributed by atoms with Crippen LogP contribution >= 0.6 is 15.9 Å². The fourth-order valence-corrected chi connectivity index (χ4v) is 3.41. The molecule has 104 valence electrons. The zero-order chi connectivity index (χ0) is 14.3. The first-order valence-electron chi connectivity index (χ1n) is 6.88. The molecule has 0 saturated heterocycles. The summed E-state index contributed by atoms with van der Waals surface area (Å²) in [6, 6.07) is 6.08. The Labute approximate surface area is 126 Å². The molecule has 2 aliphatic rings. The number of amides is 1. The molecule has 3 rings (SSSR count). The lowest BCUT2D eigenvalue weighted by Gasteiger charge is -2.31. The number of hydrogen-bond acceptors (Lipinski definition) is 2. The van der Waals surface area contributed by atoms with Gasteiger partial charge in [0.05, 0.1) is 0 Å². The first-order chi connectivity index (χ1) is 9.56. The van der Waals surface area contributed by atoms with Gasteiger partial charge in [-0.15, -0.1) is 0 Å². The highest BCUT2D eigenvalue weighted by atomic mass is 79.9. The molecule has 0 spiro atoms. The Bertz CT molecular complexity index is 633. The van der Waals surface area contributed by atoms with Crippen LogP contribution in [0.1, 0.15) is 42.7 Å². The molecular formula is C16H16BrNO2. The molecule has 0 saturated carbocycles. The minimum absolute atomic E-state index is 0.0140. The van der Waals surface area contributed by atoms with E-state index in [9.17, 15) is 9.59 Å². The zero-order valence-corrected chi connectivity index (χ0v) is 12.9. The van der Waals surface area contributed by atoms with Gasteiger partial charge in [0.2, 0.25) is 5.91 Å². The first kappa shape index (κ1) is 13.6. The van der Waals surface area contributed by atoms with Crippen molar-refractivity contribution in [2.45, 2.75) is 38.5 Å². The molecule has 0 unspecified atom stereocenters. The number of allylic oxidation sites excluding steroid dienone is 2. The van der Waals surface area contributed by atoms with E-state index in [1.807, 2.05) is 25.1 Å². The monoisotopic (exact) mass is 333 g/mol. The molecule has 1 N–H and O–H groups in total. The second-order valence-corrected chi connectivity index (χ2v) is 6.34. The zero-order valence-electron chi connectivity index (χ0n) is 11.3. The summed E-state index contributed by atoms with van der Waals surface area (Å²) in [5.41, 5.74) is 3.86. The summed E-state index contributed by atoms with van der Waals surface area (Å²) in [5, 5.41) is 2.88. The van der Waals surface area contributed by atoms with Crippen molar-refractivity contribution in [2.75, 3.05) is 0 Å². The Balaban J connectivity index is 2.08. The molecule has 1 aromatic carbocycles. The van der Waals surface area contributed by atoms with Gasteiger partial charge in [0.15, 0.2) is 5.78 Å². The smallest absolute Gasteiger partial charge is 0.225 e. The van der Waals surface area contributed by atoms with Gasteiger partial charge in [0.1, 0.15) is 0 Å². The Morgan fingerprint density at radius 3 is 2.80 bits per heavy atom. The molecule has 1 atom stereocenters. The van der Waals surface area contributed by atoms with Crippen LogP contribution in [0.4, 0.5) is 0 Å². The Morgan fingerprint density at radius 1 is 1.25 bits per heavy atom. The second kappa shape index (κ2) is 5.17. The lowest BCUT2D eigenvalue weighted by Crippen LogP contribution is -2.36. The van der Waals surface area contributed by atoms with E-state index in [1.165, 1.54) is 0 Å². The summed E-state index contributed by atoms with van der Waals surface area (Å²) in [7, 11) is 0. The minimum atomic E-state index is -0.0940. The molecule has 1 aliphatic heterocycles. The lowest BCUT2D eigenvalue weighted by molar-refractivity contribution is -0.122. The van der Waals surface area contributed by atoms with Crippen LogP contribution < -0.4 is 5.32 Å². The van der Waals surface area contributed by atoms with Crippen molar-refractivity contribution in [2.24, 2.45) is 0 Å². The molecule has 4 heteroatoms. The van der Waals surface area contributed by atoms with Crippen LogP contribution in [-0.4, -0.2) is 11.7 Å². The quantitative estimate of drug-likeness (QED) is 0.856. The number of carbonyl (C=O) groups excluding carboxylic acids is 2. The van der Waals surface area contributed by atoms with E-state index >= 15 is 0 Å². The first-order valence-corrected chi connectivity index (χ1v) is 7.67. The number of ketones is 1. The molecule has 0 fully saturated rings. The lowest BCUT2D eigenvalue weighted by atomic mass is 9.78. The maximum Gasteiger partial charge on any atom is 0.225 e. The average molecular weight is 334 g/mol. The van der Waals surface area contributed by atoms with Gasteiger partial charge in [-0.2, -0.15) is 0 Å². The van der Waals surface area contributed by atoms with Crippen molar-refractivity contribution in [1.82, 2.24) is 5.32 Å². The van der Waals surface area contributed by atoms with Crippen LogP contribution in [0.25, 0.3) is 0 Å². The summed E-state index contributed by atoms with van der Waals surface area (Å²) in [6.07, 6.45) is 2.59. The van der Waals surface area contributed by atoms with Gasteiger partial charge in [-0.3, -0.25) is 9.59 Å².